The molecular formula is C8H13N2O6P. The van der Waals surface area contributed by atoms with Crippen molar-refractivity contribution in [2.24, 2.45) is 0 Å². The molecule has 0 bridgehead atoms. The lowest BCUT2D eigenvalue weighted by Crippen LogP contribution is -2.07. The summed E-state index contributed by atoms with van der Waals surface area (Å²) in [5, 5.41) is 3.86. The summed E-state index contributed by atoms with van der Waals surface area (Å²) in [5.41, 5.74) is 1.24. The summed E-state index contributed by atoms with van der Waals surface area (Å²) in [4.78, 5) is 28.4. The Morgan fingerprint density at radius 1 is 1.47 bits per heavy atom. The fraction of sp³-hybridized carbons (Fsp3) is 0.500. The first kappa shape index (κ1) is 13.9. The number of hydrogen-bond donors (Lipinski definition) is 2. The van der Waals surface area contributed by atoms with Crippen LogP contribution in [-0.2, 0) is 20.6 Å². The predicted molar refractivity (Wildman–Crippen MR) is 56.2 cm³/mol. The molecule has 0 fully saturated rings. The second-order valence-corrected chi connectivity index (χ2v) is 4.54. The van der Waals surface area contributed by atoms with Crippen LogP contribution in [0, 0.1) is 13.8 Å². The SMILES string of the molecule is COC(=O)c1nn(COP(=O)(O)O)c(C)c1C. The highest BCUT2D eigenvalue weighted by Crippen LogP contribution is 2.36. The number of hydrogen-bond acceptors (Lipinski definition) is 5. The van der Waals surface area contributed by atoms with Crippen molar-refractivity contribution in [3.8, 4) is 0 Å². The fourth-order valence-corrected chi connectivity index (χ4v) is 1.44. The van der Waals surface area contributed by atoms with E-state index in [-0.39, 0.29) is 5.69 Å². The Morgan fingerprint density at radius 2 is 2.06 bits per heavy atom. The molecule has 9 heteroatoms. The lowest BCUT2D eigenvalue weighted by atomic mass is 10.2. The molecule has 2 N–H and O–H groups in total. The van der Waals surface area contributed by atoms with Crippen molar-refractivity contribution >= 4 is 13.8 Å². The van der Waals surface area contributed by atoms with Gasteiger partial charge in [0.15, 0.2) is 12.4 Å². The van der Waals surface area contributed by atoms with Crippen LogP contribution in [0.25, 0.3) is 0 Å². The Labute approximate surface area is 97.4 Å². The topological polar surface area (TPSA) is 111 Å². The van der Waals surface area contributed by atoms with Gasteiger partial charge in [0.2, 0.25) is 0 Å². The summed E-state index contributed by atoms with van der Waals surface area (Å²) in [6.07, 6.45) is 0. The first-order valence-corrected chi connectivity index (χ1v) is 6.11. The highest BCUT2D eigenvalue weighted by atomic mass is 31.2. The second kappa shape index (κ2) is 4.97. The van der Waals surface area contributed by atoms with E-state index in [0.717, 1.165) is 0 Å². The van der Waals surface area contributed by atoms with Gasteiger partial charge in [0.05, 0.1) is 7.11 Å². The number of aromatic nitrogens is 2. The van der Waals surface area contributed by atoms with E-state index < -0.39 is 20.5 Å². The van der Waals surface area contributed by atoms with Gasteiger partial charge in [0, 0.05) is 11.3 Å². The number of carbonyl (C=O) groups excluding carboxylic acids is 1. The third-order valence-electron chi connectivity index (χ3n) is 2.23. The quantitative estimate of drug-likeness (QED) is 0.596. The van der Waals surface area contributed by atoms with Crippen molar-refractivity contribution in [3.05, 3.63) is 17.0 Å². The highest BCUT2D eigenvalue weighted by molar-refractivity contribution is 7.46. The lowest BCUT2D eigenvalue weighted by molar-refractivity contribution is 0.0591. The average Bonchev–Trinajstić information content (AvgIpc) is 2.52. The first-order chi connectivity index (χ1) is 7.76. The van der Waals surface area contributed by atoms with Crippen LogP contribution in [0.4, 0.5) is 0 Å². The first-order valence-electron chi connectivity index (χ1n) is 4.58. The Hall–Kier alpha value is -1.21. The summed E-state index contributed by atoms with van der Waals surface area (Å²) < 4.78 is 20.5. The zero-order valence-corrected chi connectivity index (χ0v) is 10.5. The van der Waals surface area contributed by atoms with E-state index >= 15 is 0 Å². The standard InChI is InChI=1S/C8H13N2O6P/c1-5-6(2)10(4-16-17(12,13)14)9-7(5)8(11)15-3/h4H2,1-3H3,(H2,12,13,14). The number of rotatable bonds is 4. The molecule has 0 unspecified atom stereocenters. The van der Waals surface area contributed by atoms with Gasteiger partial charge in [-0.15, -0.1) is 0 Å². The summed E-state index contributed by atoms with van der Waals surface area (Å²) in [6.45, 7) is 2.87. The van der Waals surface area contributed by atoms with Crippen LogP contribution in [0.5, 0.6) is 0 Å². The number of carbonyl (C=O) groups is 1. The molecule has 0 amide bonds. The van der Waals surface area contributed by atoms with Gasteiger partial charge in [-0.1, -0.05) is 0 Å². The Bertz CT molecular complexity index is 477. The Kier molecular flexibility index (Phi) is 4.05. The molecule has 0 aliphatic rings. The van der Waals surface area contributed by atoms with Gasteiger partial charge in [-0.25, -0.2) is 14.0 Å². The van der Waals surface area contributed by atoms with Crippen molar-refractivity contribution in [2.45, 2.75) is 20.6 Å². The minimum Gasteiger partial charge on any atom is -0.464 e. The molecule has 1 rings (SSSR count). The molecule has 17 heavy (non-hydrogen) atoms. The van der Waals surface area contributed by atoms with E-state index in [1.165, 1.54) is 11.8 Å². The maximum atomic E-state index is 11.3. The molecule has 0 aliphatic carbocycles. The molecule has 1 aromatic rings. The Morgan fingerprint density at radius 3 is 2.53 bits per heavy atom. The van der Waals surface area contributed by atoms with E-state index in [1.807, 2.05) is 0 Å². The summed E-state index contributed by atoms with van der Waals surface area (Å²) in [6, 6.07) is 0. The maximum absolute atomic E-state index is 11.3. The summed E-state index contributed by atoms with van der Waals surface area (Å²) >= 11 is 0. The fourth-order valence-electron chi connectivity index (χ4n) is 1.18. The molecule has 0 saturated heterocycles. The molecule has 96 valence electrons. The van der Waals surface area contributed by atoms with Gasteiger partial charge in [0.1, 0.15) is 0 Å². The van der Waals surface area contributed by atoms with E-state index in [9.17, 15) is 9.36 Å². The van der Waals surface area contributed by atoms with Crippen LogP contribution in [0.2, 0.25) is 0 Å². The third-order valence-corrected chi connectivity index (χ3v) is 2.68. The third kappa shape index (κ3) is 3.37. The normalized spacial score (nSPS) is 11.6. The largest absolute Gasteiger partial charge is 0.471 e. The Balaban J connectivity index is 2.95. The van der Waals surface area contributed by atoms with E-state index in [0.29, 0.717) is 11.3 Å². The molecule has 0 aliphatic heterocycles. The van der Waals surface area contributed by atoms with Crippen molar-refractivity contribution in [1.82, 2.24) is 9.78 Å². The molecular weight excluding hydrogens is 251 g/mol. The van der Waals surface area contributed by atoms with Gasteiger partial charge in [-0.3, -0.25) is 4.52 Å². The van der Waals surface area contributed by atoms with Crippen molar-refractivity contribution < 1.29 is 28.4 Å². The van der Waals surface area contributed by atoms with Gasteiger partial charge >= 0.3 is 13.8 Å². The zero-order valence-electron chi connectivity index (χ0n) is 9.58. The van der Waals surface area contributed by atoms with E-state index in [4.69, 9.17) is 9.79 Å². The van der Waals surface area contributed by atoms with E-state index in [2.05, 4.69) is 14.4 Å². The van der Waals surface area contributed by atoms with Crippen molar-refractivity contribution in [1.29, 1.82) is 0 Å². The van der Waals surface area contributed by atoms with Crippen LogP contribution in [0.3, 0.4) is 0 Å². The summed E-state index contributed by atoms with van der Waals surface area (Å²) in [7, 11) is -3.34. The van der Waals surface area contributed by atoms with Crippen LogP contribution in [0.15, 0.2) is 0 Å². The smallest absolute Gasteiger partial charge is 0.464 e. The van der Waals surface area contributed by atoms with Crippen LogP contribution in [-0.4, -0.2) is 32.6 Å². The minimum absolute atomic E-state index is 0.0966. The van der Waals surface area contributed by atoms with Crippen molar-refractivity contribution in [2.75, 3.05) is 7.11 Å². The number of nitrogens with zero attached hydrogens (tertiary/aromatic N) is 2. The van der Waals surface area contributed by atoms with Crippen molar-refractivity contribution in [3.63, 3.8) is 0 Å². The molecule has 0 atom stereocenters. The number of phosphoric ester groups is 1. The average molecular weight is 264 g/mol. The van der Waals surface area contributed by atoms with Gasteiger partial charge in [-0.05, 0) is 13.8 Å². The van der Waals surface area contributed by atoms with Gasteiger partial charge in [-0.2, -0.15) is 5.10 Å². The minimum atomic E-state index is -4.56. The molecule has 0 saturated carbocycles. The highest BCUT2D eigenvalue weighted by Gasteiger charge is 2.20. The number of ether oxygens (including phenoxy) is 1. The van der Waals surface area contributed by atoms with Crippen LogP contribution >= 0.6 is 7.82 Å². The number of phosphoric acid groups is 1. The predicted octanol–water partition coefficient (Wildman–Crippen LogP) is 0.353. The van der Waals surface area contributed by atoms with Gasteiger partial charge in [0.25, 0.3) is 0 Å². The second-order valence-electron chi connectivity index (χ2n) is 3.30. The molecule has 8 nitrogen and oxygen atoms in total. The number of methoxy groups -OCH3 is 1. The molecule has 0 aromatic carbocycles. The summed E-state index contributed by atoms with van der Waals surface area (Å²) in [5.74, 6) is -0.611. The molecule has 0 radical (unpaired) electrons. The molecule has 1 aromatic heterocycles. The lowest BCUT2D eigenvalue weighted by Gasteiger charge is -2.06. The van der Waals surface area contributed by atoms with E-state index in [1.54, 1.807) is 13.8 Å². The zero-order chi connectivity index (χ0) is 13.2. The molecule has 0 spiro atoms. The molecule has 1 heterocycles. The monoisotopic (exact) mass is 264 g/mol. The number of esters is 1. The van der Waals surface area contributed by atoms with Crippen LogP contribution in [0.1, 0.15) is 21.7 Å². The van der Waals surface area contributed by atoms with Crippen LogP contribution < -0.4 is 0 Å². The van der Waals surface area contributed by atoms with Gasteiger partial charge < -0.3 is 14.5 Å². The maximum Gasteiger partial charge on any atom is 0.471 e.